The number of benzene rings is 1. The highest BCUT2D eigenvalue weighted by atomic mass is 16.3. The summed E-state index contributed by atoms with van der Waals surface area (Å²) in [7, 11) is 0. The zero-order chi connectivity index (χ0) is 13.9. The van der Waals surface area contributed by atoms with Crippen LogP contribution in [0.3, 0.4) is 0 Å². The minimum absolute atomic E-state index is 0.599. The molecule has 1 heterocycles. The summed E-state index contributed by atoms with van der Waals surface area (Å²) in [5.41, 5.74) is 2.25. The summed E-state index contributed by atoms with van der Waals surface area (Å²) in [6.45, 7) is 6.91. The van der Waals surface area contributed by atoms with Crippen LogP contribution >= 0.6 is 0 Å². The lowest BCUT2D eigenvalue weighted by atomic mass is 9.86. The van der Waals surface area contributed by atoms with Gasteiger partial charge in [-0.2, -0.15) is 5.10 Å². The summed E-state index contributed by atoms with van der Waals surface area (Å²) in [5, 5.41) is 15.4. The third kappa shape index (κ3) is 2.87. The molecule has 3 heteroatoms. The first kappa shape index (κ1) is 13.8. The lowest BCUT2D eigenvalue weighted by molar-refractivity contribution is 0.0307. The summed E-state index contributed by atoms with van der Waals surface area (Å²) in [6.07, 6.45) is 1.28. The molecule has 0 fully saturated rings. The summed E-state index contributed by atoms with van der Waals surface area (Å²) < 4.78 is 1.97. The number of rotatable bonds is 5. The fourth-order valence-electron chi connectivity index (χ4n) is 2.49. The monoisotopic (exact) mass is 258 g/mol. The van der Waals surface area contributed by atoms with Crippen LogP contribution in [-0.2, 0) is 18.6 Å². The van der Waals surface area contributed by atoms with Crippen molar-refractivity contribution in [1.29, 1.82) is 0 Å². The lowest BCUT2D eigenvalue weighted by Gasteiger charge is -2.27. The molecule has 0 spiro atoms. The fourth-order valence-corrected chi connectivity index (χ4v) is 2.49. The minimum atomic E-state index is -0.819. The van der Waals surface area contributed by atoms with Crippen LogP contribution in [0.4, 0.5) is 0 Å². The van der Waals surface area contributed by atoms with E-state index in [0.29, 0.717) is 12.8 Å². The first-order valence-electron chi connectivity index (χ1n) is 6.90. The van der Waals surface area contributed by atoms with Crippen LogP contribution < -0.4 is 0 Å². The van der Waals surface area contributed by atoms with E-state index in [-0.39, 0.29) is 0 Å². The Morgan fingerprint density at radius 2 is 1.89 bits per heavy atom. The summed E-state index contributed by atoms with van der Waals surface area (Å²) in [5.74, 6) is 0. The van der Waals surface area contributed by atoms with Gasteiger partial charge in [-0.3, -0.25) is 4.68 Å². The molecule has 102 valence electrons. The standard InChI is InChI=1S/C16H22N2O/c1-4-16(19,14-9-7-6-8-10-14)12-15-11-13(3)17-18(15)5-2/h6-11,19H,4-5,12H2,1-3H3. The second kappa shape index (κ2) is 5.57. The molecule has 0 bridgehead atoms. The van der Waals surface area contributed by atoms with Gasteiger partial charge >= 0.3 is 0 Å². The molecule has 1 unspecified atom stereocenters. The smallest absolute Gasteiger partial charge is 0.0949 e. The molecule has 1 aromatic heterocycles. The Bertz CT molecular complexity index is 533. The van der Waals surface area contributed by atoms with Crippen LogP contribution in [-0.4, -0.2) is 14.9 Å². The average Bonchev–Trinajstić information content (AvgIpc) is 2.79. The van der Waals surface area contributed by atoms with Gasteiger partial charge in [-0.25, -0.2) is 0 Å². The van der Waals surface area contributed by atoms with Gasteiger partial charge in [-0.1, -0.05) is 37.3 Å². The predicted molar refractivity (Wildman–Crippen MR) is 77.0 cm³/mol. The van der Waals surface area contributed by atoms with Gasteiger partial charge in [0.05, 0.1) is 11.3 Å². The first-order valence-corrected chi connectivity index (χ1v) is 6.90. The molecule has 0 saturated carbocycles. The summed E-state index contributed by atoms with van der Waals surface area (Å²) >= 11 is 0. The number of aromatic nitrogens is 2. The van der Waals surface area contributed by atoms with Crippen LogP contribution in [0.25, 0.3) is 0 Å². The van der Waals surface area contributed by atoms with E-state index < -0.39 is 5.60 Å². The largest absolute Gasteiger partial charge is 0.385 e. The molecule has 1 atom stereocenters. The van der Waals surface area contributed by atoms with E-state index in [9.17, 15) is 5.11 Å². The van der Waals surface area contributed by atoms with Gasteiger partial charge in [-0.05, 0) is 31.9 Å². The number of aryl methyl sites for hydroxylation is 2. The molecule has 1 N–H and O–H groups in total. The zero-order valence-corrected chi connectivity index (χ0v) is 11.9. The van der Waals surface area contributed by atoms with Crippen molar-refractivity contribution < 1.29 is 5.11 Å². The van der Waals surface area contributed by atoms with Crippen molar-refractivity contribution >= 4 is 0 Å². The van der Waals surface area contributed by atoms with E-state index in [1.165, 1.54) is 0 Å². The van der Waals surface area contributed by atoms with Crippen LogP contribution in [0.15, 0.2) is 36.4 Å². The molecule has 0 amide bonds. The highest BCUT2D eigenvalue weighted by molar-refractivity contribution is 5.25. The van der Waals surface area contributed by atoms with Gasteiger partial charge in [0.25, 0.3) is 0 Å². The van der Waals surface area contributed by atoms with Crippen LogP contribution in [0.2, 0.25) is 0 Å². The maximum atomic E-state index is 10.9. The normalized spacial score (nSPS) is 14.3. The highest BCUT2D eigenvalue weighted by Gasteiger charge is 2.28. The number of nitrogens with zero attached hydrogens (tertiary/aromatic N) is 2. The number of hydrogen-bond donors (Lipinski definition) is 1. The zero-order valence-electron chi connectivity index (χ0n) is 11.9. The maximum Gasteiger partial charge on any atom is 0.0949 e. The molecule has 0 aliphatic rings. The lowest BCUT2D eigenvalue weighted by Crippen LogP contribution is -2.28. The Morgan fingerprint density at radius 3 is 2.47 bits per heavy atom. The third-order valence-corrected chi connectivity index (χ3v) is 3.65. The van der Waals surface area contributed by atoms with E-state index in [2.05, 4.69) is 18.1 Å². The van der Waals surface area contributed by atoms with Crippen molar-refractivity contribution in [2.45, 2.75) is 45.8 Å². The summed E-state index contributed by atoms with van der Waals surface area (Å²) in [4.78, 5) is 0. The van der Waals surface area contributed by atoms with Crippen molar-refractivity contribution in [3.63, 3.8) is 0 Å². The Kier molecular flexibility index (Phi) is 4.05. The van der Waals surface area contributed by atoms with Gasteiger partial charge in [0, 0.05) is 18.7 Å². The van der Waals surface area contributed by atoms with E-state index in [0.717, 1.165) is 23.5 Å². The summed E-state index contributed by atoms with van der Waals surface area (Å²) in [6, 6.07) is 12.0. The number of hydrogen-bond acceptors (Lipinski definition) is 2. The topological polar surface area (TPSA) is 38.0 Å². The molecule has 19 heavy (non-hydrogen) atoms. The Hall–Kier alpha value is -1.61. The molecule has 2 aromatic rings. The molecular weight excluding hydrogens is 236 g/mol. The van der Waals surface area contributed by atoms with E-state index in [1.807, 2.05) is 48.9 Å². The van der Waals surface area contributed by atoms with E-state index in [4.69, 9.17) is 0 Å². The quantitative estimate of drug-likeness (QED) is 0.895. The van der Waals surface area contributed by atoms with Crippen molar-refractivity contribution in [2.75, 3.05) is 0 Å². The van der Waals surface area contributed by atoms with Crippen molar-refractivity contribution in [1.82, 2.24) is 9.78 Å². The maximum absolute atomic E-state index is 10.9. The molecule has 2 rings (SSSR count). The van der Waals surface area contributed by atoms with Crippen molar-refractivity contribution in [3.8, 4) is 0 Å². The second-order valence-corrected chi connectivity index (χ2v) is 5.02. The van der Waals surface area contributed by atoms with Crippen molar-refractivity contribution in [2.24, 2.45) is 0 Å². The van der Waals surface area contributed by atoms with Gasteiger partial charge in [0.1, 0.15) is 0 Å². The minimum Gasteiger partial charge on any atom is -0.385 e. The van der Waals surface area contributed by atoms with Crippen molar-refractivity contribution in [3.05, 3.63) is 53.3 Å². The van der Waals surface area contributed by atoms with Crippen LogP contribution in [0.5, 0.6) is 0 Å². The van der Waals surface area contributed by atoms with Crippen LogP contribution in [0, 0.1) is 6.92 Å². The van der Waals surface area contributed by atoms with Gasteiger partial charge < -0.3 is 5.11 Å². The fraction of sp³-hybridized carbons (Fsp3) is 0.438. The third-order valence-electron chi connectivity index (χ3n) is 3.65. The molecule has 0 radical (unpaired) electrons. The molecule has 0 saturated heterocycles. The number of aliphatic hydroxyl groups is 1. The van der Waals surface area contributed by atoms with E-state index >= 15 is 0 Å². The molecule has 1 aromatic carbocycles. The Balaban J connectivity index is 2.33. The van der Waals surface area contributed by atoms with Gasteiger partial charge in [0.2, 0.25) is 0 Å². The molecule has 0 aliphatic heterocycles. The van der Waals surface area contributed by atoms with Gasteiger partial charge in [-0.15, -0.1) is 0 Å². The predicted octanol–water partition coefficient (Wildman–Crippen LogP) is 3.05. The van der Waals surface area contributed by atoms with E-state index in [1.54, 1.807) is 0 Å². The Labute approximate surface area is 114 Å². The van der Waals surface area contributed by atoms with Gasteiger partial charge in [0.15, 0.2) is 0 Å². The first-order chi connectivity index (χ1) is 9.09. The Morgan fingerprint density at radius 1 is 1.21 bits per heavy atom. The van der Waals surface area contributed by atoms with Crippen LogP contribution in [0.1, 0.15) is 37.2 Å². The molecular formula is C16H22N2O. The second-order valence-electron chi connectivity index (χ2n) is 5.02. The average molecular weight is 258 g/mol. The molecule has 3 nitrogen and oxygen atoms in total. The SMILES string of the molecule is CCn1nc(C)cc1CC(O)(CC)c1ccccc1. The molecule has 0 aliphatic carbocycles. The highest BCUT2D eigenvalue weighted by Crippen LogP contribution is 2.29.